The van der Waals surface area contributed by atoms with Crippen LogP contribution in [0.4, 0.5) is 5.82 Å². The quantitative estimate of drug-likeness (QED) is 0.719. The van der Waals surface area contributed by atoms with Crippen molar-refractivity contribution in [1.82, 2.24) is 15.0 Å². The molecule has 25 heavy (non-hydrogen) atoms. The molecule has 1 fully saturated rings. The van der Waals surface area contributed by atoms with Gasteiger partial charge in [-0.3, -0.25) is 4.79 Å². The molecule has 1 saturated heterocycles. The molecule has 0 unspecified atom stereocenters. The normalized spacial score (nSPS) is 14.6. The summed E-state index contributed by atoms with van der Waals surface area (Å²) in [7, 11) is 0. The van der Waals surface area contributed by atoms with E-state index in [4.69, 9.17) is 5.73 Å². The Labute approximate surface area is 145 Å². The molecule has 6 nitrogen and oxygen atoms in total. The molecule has 1 aliphatic rings. The first-order chi connectivity index (χ1) is 12.2. The third-order valence-corrected chi connectivity index (χ3v) is 4.50. The molecule has 3 aromatic heterocycles. The molecule has 3 aromatic rings. The molecule has 0 spiro atoms. The van der Waals surface area contributed by atoms with Crippen LogP contribution in [-0.4, -0.2) is 33.9 Å². The van der Waals surface area contributed by atoms with Crippen molar-refractivity contribution in [2.45, 2.75) is 12.8 Å². The van der Waals surface area contributed by atoms with Crippen LogP contribution in [0.1, 0.15) is 18.4 Å². The number of rotatable bonds is 4. The molecule has 126 valence electrons. The summed E-state index contributed by atoms with van der Waals surface area (Å²) in [6.45, 7) is 2.16. The average molecular weight is 333 g/mol. The van der Waals surface area contributed by atoms with Crippen LogP contribution in [0, 0.1) is 0 Å². The van der Waals surface area contributed by atoms with Gasteiger partial charge in [0, 0.05) is 59.8 Å². The van der Waals surface area contributed by atoms with Gasteiger partial charge in [-0.2, -0.15) is 0 Å². The molecule has 4 rings (SSSR count). The number of pyridine rings is 2. The highest BCUT2D eigenvalue weighted by molar-refractivity contribution is 5.95. The minimum absolute atomic E-state index is 0.472. The monoisotopic (exact) mass is 333 g/mol. The summed E-state index contributed by atoms with van der Waals surface area (Å²) in [4.78, 5) is 25.4. The zero-order valence-electron chi connectivity index (χ0n) is 13.8. The fourth-order valence-corrected chi connectivity index (χ4v) is 3.18. The number of aromatic nitrogens is 3. The van der Waals surface area contributed by atoms with E-state index in [2.05, 4.69) is 32.0 Å². The lowest BCUT2D eigenvalue weighted by atomic mass is 10.1. The fourth-order valence-electron chi connectivity index (χ4n) is 3.18. The van der Waals surface area contributed by atoms with Gasteiger partial charge in [0.15, 0.2) is 0 Å². The summed E-state index contributed by atoms with van der Waals surface area (Å²) >= 11 is 0. The van der Waals surface area contributed by atoms with E-state index in [0.29, 0.717) is 0 Å². The Kier molecular flexibility index (Phi) is 3.93. The van der Waals surface area contributed by atoms with Crippen LogP contribution in [-0.2, 0) is 4.79 Å². The van der Waals surface area contributed by atoms with Crippen molar-refractivity contribution in [2.75, 3.05) is 18.0 Å². The predicted octanol–water partition coefficient (Wildman–Crippen LogP) is 2.72. The minimum Gasteiger partial charge on any atom is -0.366 e. The van der Waals surface area contributed by atoms with E-state index >= 15 is 0 Å². The number of nitrogens with zero attached hydrogens (tertiary/aromatic N) is 3. The molecule has 0 aromatic carbocycles. The van der Waals surface area contributed by atoms with Gasteiger partial charge in [-0.25, -0.2) is 9.97 Å². The van der Waals surface area contributed by atoms with E-state index < -0.39 is 5.91 Å². The van der Waals surface area contributed by atoms with Gasteiger partial charge in [0.05, 0.1) is 0 Å². The number of primary amides is 1. The van der Waals surface area contributed by atoms with Crippen LogP contribution in [0.5, 0.6) is 0 Å². The first-order valence-electron chi connectivity index (χ1n) is 8.37. The molecule has 6 heteroatoms. The first-order valence-corrected chi connectivity index (χ1v) is 8.37. The number of H-pyrrole nitrogens is 1. The lowest BCUT2D eigenvalue weighted by molar-refractivity contribution is -0.113. The zero-order valence-corrected chi connectivity index (χ0v) is 13.8. The van der Waals surface area contributed by atoms with Gasteiger partial charge in [-0.05, 0) is 37.1 Å². The largest absolute Gasteiger partial charge is 0.366 e. The Hall–Kier alpha value is -3.15. The molecular weight excluding hydrogens is 314 g/mol. The van der Waals surface area contributed by atoms with Gasteiger partial charge in [-0.1, -0.05) is 0 Å². The number of carbonyl (C=O) groups excluding carboxylic acids is 1. The van der Waals surface area contributed by atoms with E-state index in [9.17, 15) is 4.79 Å². The summed E-state index contributed by atoms with van der Waals surface area (Å²) in [6, 6.07) is 6.19. The summed E-state index contributed by atoms with van der Waals surface area (Å²) in [5, 5.41) is 0.943. The van der Waals surface area contributed by atoms with Crippen molar-refractivity contribution < 1.29 is 4.79 Å². The maximum Gasteiger partial charge on any atom is 0.241 e. The van der Waals surface area contributed by atoms with Gasteiger partial charge in [0.25, 0.3) is 0 Å². The first kappa shape index (κ1) is 15.4. The number of nitrogens with two attached hydrogens (primary N) is 1. The second kappa shape index (κ2) is 6.39. The Morgan fingerprint density at radius 3 is 2.68 bits per heavy atom. The molecule has 0 aliphatic carbocycles. The Morgan fingerprint density at radius 2 is 1.96 bits per heavy atom. The average Bonchev–Trinajstić information content (AvgIpc) is 3.29. The second-order valence-electron chi connectivity index (χ2n) is 6.20. The smallest absolute Gasteiger partial charge is 0.241 e. The zero-order chi connectivity index (χ0) is 17.2. The third-order valence-electron chi connectivity index (χ3n) is 4.50. The van der Waals surface area contributed by atoms with E-state index in [1.807, 2.05) is 24.7 Å². The molecule has 1 aliphatic heterocycles. The van der Waals surface area contributed by atoms with Crippen LogP contribution in [0.2, 0.25) is 0 Å². The van der Waals surface area contributed by atoms with Gasteiger partial charge in [-0.15, -0.1) is 0 Å². The van der Waals surface area contributed by atoms with Gasteiger partial charge in [0.2, 0.25) is 5.91 Å². The van der Waals surface area contributed by atoms with Crippen molar-refractivity contribution >= 4 is 28.8 Å². The standard InChI is InChI=1S/C19H19N5O/c20-17(25)5-3-14-11-22-19-16(14)9-15(12-23-19)13-4-6-18(21-10-13)24-7-1-2-8-24/h3-6,9-12H,1-2,7-8H2,(H2,20,25)(H,22,23). The summed E-state index contributed by atoms with van der Waals surface area (Å²) in [5.41, 5.74) is 8.83. The maximum absolute atomic E-state index is 11.0. The summed E-state index contributed by atoms with van der Waals surface area (Å²) in [5.74, 6) is 0.558. The molecule has 1 amide bonds. The van der Waals surface area contributed by atoms with Crippen LogP contribution < -0.4 is 10.6 Å². The number of carbonyl (C=O) groups is 1. The molecule has 4 heterocycles. The molecule has 0 radical (unpaired) electrons. The fraction of sp³-hybridized carbons (Fsp3) is 0.211. The Balaban J connectivity index is 1.66. The molecule has 0 bridgehead atoms. The highest BCUT2D eigenvalue weighted by atomic mass is 16.1. The summed E-state index contributed by atoms with van der Waals surface area (Å²) in [6.07, 6.45) is 11.0. The van der Waals surface area contributed by atoms with Crippen molar-refractivity contribution in [3.63, 3.8) is 0 Å². The number of anilines is 1. The van der Waals surface area contributed by atoms with Crippen LogP contribution in [0.3, 0.4) is 0 Å². The highest BCUT2D eigenvalue weighted by Gasteiger charge is 2.13. The number of hydrogen-bond acceptors (Lipinski definition) is 4. The Bertz CT molecular complexity index is 936. The van der Waals surface area contributed by atoms with Crippen molar-refractivity contribution in [2.24, 2.45) is 5.73 Å². The van der Waals surface area contributed by atoms with E-state index in [1.165, 1.54) is 18.9 Å². The lowest BCUT2D eigenvalue weighted by Crippen LogP contribution is -2.18. The molecule has 0 saturated carbocycles. The lowest BCUT2D eigenvalue weighted by Gasteiger charge is -2.16. The van der Waals surface area contributed by atoms with Crippen LogP contribution in [0.15, 0.2) is 42.9 Å². The van der Waals surface area contributed by atoms with E-state index in [-0.39, 0.29) is 0 Å². The minimum atomic E-state index is -0.472. The molecule has 0 atom stereocenters. The van der Waals surface area contributed by atoms with E-state index in [0.717, 1.165) is 46.6 Å². The van der Waals surface area contributed by atoms with E-state index in [1.54, 1.807) is 6.08 Å². The topological polar surface area (TPSA) is 87.9 Å². The Morgan fingerprint density at radius 1 is 1.16 bits per heavy atom. The molecule has 3 N–H and O–H groups in total. The predicted molar refractivity (Wildman–Crippen MR) is 99.0 cm³/mol. The number of hydrogen-bond donors (Lipinski definition) is 2. The number of nitrogens with one attached hydrogen (secondary N) is 1. The SMILES string of the molecule is NC(=O)C=Cc1c[nH]c2ncc(-c3ccc(N4CCCC4)nc3)cc12. The van der Waals surface area contributed by atoms with Crippen molar-refractivity contribution in [1.29, 1.82) is 0 Å². The maximum atomic E-state index is 11.0. The van der Waals surface area contributed by atoms with Crippen LogP contribution >= 0.6 is 0 Å². The van der Waals surface area contributed by atoms with Crippen LogP contribution in [0.25, 0.3) is 28.2 Å². The van der Waals surface area contributed by atoms with Gasteiger partial charge >= 0.3 is 0 Å². The number of amides is 1. The highest BCUT2D eigenvalue weighted by Crippen LogP contribution is 2.26. The summed E-state index contributed by atoms with van der Waals surface area (Å²) < 4.78 is 0. The van der Waals surface area contributed by atoms with Crippen molar-refractivity contribution in [3.05, 3.63) is 48.4 Å². The van der Waals surface area contributed by atoms with Gasteiger partial charge in [0.1, 0.15) is 11.5 Å². The number of aromatic amines is 1. The number of fused-ring (bicyclic) bond motifs is 1. The van der Waals surface area contributed by atoms with Gasteiger partial charge < -0.3 is 15.6 Å². The van der Waals surface area contributed by atoms with Crippen molar-refractivity contribution in [3.8, 4) is 11.1 Å². The second-order valence-corrected chi connectivity index (χ2v) is 6.20. The molecular formula is C19H19N5O. The third kappa shape index (κ3) is 3.10.